The lowest BCUT2D eigenvalue weighted by Crippen LogP contribution is -2.22. The maximum atomic E-state index is 13.8. The van der Waals surface area contributed by atoms with Gasteiger partial charge in [0, 0.05) is 10.4 Å². The van der Waals surface area contributed by atoms with Crippen molar-refractivity contribution in [3.63, 3.8) is 0 Å². The summed E-state index contributed by atoms with van der Waals surface area (Å²) in [5.41, 5.74) is 2.00. The number of carbonyl (C=O) groups excluding carboxylic acids is 2. The summed E-state index contributed by atoms with van der Waals surface area (Å²) in [6, 6.07) is 23.6. The van der Waals surface area contributed by atoms with Crippen molar-refractivity contribution in [3.05, 3.63) is 100 Å². The van der Waals surface area contributed by atoms with Gasteiger partial charge in [0.15, 0.2) is 6.61 Å². The van der Waals surface area contributed by atoms with Gasteiger partial charge in [-0.2, -0.15) is 0 Å². The second-order valence-corrected chi connectivity index (χ2v) is 7.33. The number of anilines is 1. The highest BCUT2D eigenvalue weighted by Crippen LogP contribution is 2.28. The van der Waals surface area contributed by atoms with Gasteiger partial charge in [0.1, 0.15) is 5.82 Å². The predicted octanol–water partition coefficient (Wildman–Crippen LogP) is 5.29. The molecule has 0 saturated heterocycles. The minimum Gasteiger partial charge on any atom is -0.456 e. The monoisotopic (exact) mass is 455 g/mol. The average molecular weight is 456 g/mol. The molecule has 0 fully saturated rings. The van der Waals surface area contributed by atoms with E-state index in [2.05, 4.69) is 21.2 Å². The molecule has 1 N–H and O–H groups in total. The molecule has 0 radical (unpaired) electrons. The fourth-order valence-electron chi connectivity index (χ4n) is 2.95. The van der Waals surface area contributed by atoms with Crippen LogP contribution in [0.3, 0.4) is 0 Å². The van der Waals surface area contributed by atoms with E-state index >= 15 is 0 Å². The third kappa shape index (κ3) is 5.99. The van der Waals surface area contributed by atoms with Crippen LogP contribution >= 0.6 is 15.9 Å². The number of rotatable bonds is 7. The standard InChI is InChI=1S/C23H19BrFNO3/c24-18-11-12-21(20(25)13-18)26-22(27)15-29-23(28)14-19(16-7-3-1-4-8-16)17-9-5-2-6-10-17/h1-13,19H,14-15H2,(H,26,27). The zero-order valence-electron chi connectivity index (χ0n) is 15.5. The number of ether oxygens (including phenoxy) is 1. The van der Waals surface area contributed by atoms with Gasteiger partial charge in [-0.1, -0.05) is 76.6 Å². The van der Waals surface area contributed by atoms with E-state index in [9.17, 15) is 14.0 Å². The highest BCUT2D eigenvalue weighted by atomic mass is 79.9. The second kappa shape index (κ2) is 9.98. The molecule has 0 heterocycles. The van der Waals surface area contributed by atoms with Gasteiger partial charge >= 0.3 is 5.97 Å². The molecule has 148 valence electrons. The van der Waals surface area contributed by atoms with Crippen molar-refractivity contribution in [2.45, 2.75) is 12.3 Å². The van der Waals surface area contributed by atoms with Crippen LogP contribution in [-0.4, -0.2) is 18.5 Å². The molecule has 6 heteroatoms. The minimum atomic E-state index is -0.601. The van der Waals surface area contributed by atoms with E-state index in [4.69, 9.17) is 4.74 Å². The van der Waals surface area contributed by atoms with Crippen LogP contribution in [0.15, 0.2) is 83.3 Å². The van der Waals surface area contributed by atoms with E-state index in [1.54, 1.807) is 6.07 Å². The van der Waals surface area contributed by atoms with E-state index in [0.29, 0.717) is 4.47 Å². The third-order valence-electron chi connectivity index (χ3n) is 4.34. The van der Waals surface area contributed by atoms with Crippen LogP contribution in [0.25, 0.3) is 0 Å². The Kier molecular flexibility index (Phi) is 7.14. The number of hydrogen-bond donors (Lipinski definition) is 1. The molecule has 0 saturated carbocycles. The van der Waals surface area contributed by atoms with E-state index in [0.717, 1.165) is 11.1 Å². The van der Waals surface area contributed by atoms with E-state index in [-0.39, 0.29) is 18.0 Å². The molecule has 3 rings (SSSR count). The lowest BCUT2D eigenvalue weighted by Gasteiger charge is -2.17. The number of halogens is 2. The third-order valence-corrected chi connectivity index (χ3v) is 4.84. The molecule has 0 aliphatic heterocycles. The number of carbonyl (C=O) groups is 2. The zero-order chi connectivity index (χ0) is 20.6. The summed E-state index contributed by atoms with van der Waals surface area (Å²) >= 11 is 3.15. The van der Waals surface area contributed by atoms with Gasteiger partial charge in [0.05, 0.1) is 12.1 Å². The molecule has 0 bridgehead atoms. The van der Waals surface area contributed by atoms with Crippen molar-refractivity contribution in [2.75, 3.05) is 11.9 Å². The van der Waals surface area contributed by atoms with E-state index < -0.39 is 24.3 Å². The molecular formula is C23H19BrFNO3. The van der Waals surface area contributed by atoms with Gasteiger partial charge < -0.3 is 10.1 Å². The fourth-order valence-corrected chi connectivity index (χ4v) is 3.28. The zero-order valence-corrected chi connectivity index (χ0v) is 17.1. The van der Waals surface area contributed by atoms with Crippen LogP contribution in [0.2, 0.25) is 0 Å². The van der Waals surface area contributed by atoms with Crippen LogP contribution in [0.4, 0.5) is 10.1 Å². The predicted molar refractivity (Wildman–Crippen MR) is 113 cm³/mol. The molecule has 0 aromatic heterocycles. The Hall–Kier alpha value is -2.99. The smallest absolute Gasteiger partial charge is 0.307 e. The molecule has 0 unspecified atom stereocenters. The Morgan fingerprint density at radius 2 is 1.52 bits per heavy atom. The van der Waals surface area contributed by atoms with Gasteiger partial charge in [0.2, 0.25) is 0 Å². The maximum Gasteiger partial charge on any atom is 0.307 e. The van der Waals surface area contributed by atoms with Gasteiger partial charge in [-0.05, 0) is 29.3 Å². The summed E-state index contributed by atoms with van der Waals surface area (Å²) in [4.78, 5) is 24.4. The number of amides is 1. The Bertz CT molecular complexity index is 940. The molecule has 1 amide bonds. The van der Waals surface area contributed by atoms with Crippen LogP contribution in [0.5, 0.6) is 0 Å². The fraction of sp³-hybridized carbons (Fsp3) is 0.130. The molecule has 0 aliphatic rings. The number of nitrogens with one attached hydrogen (secondary N) is 1. The molecule has 4 nitrogen and oxygen atoms in total. The first-order chi connectivity index (χ1) is 14.0. The molecule has 29 heavy (non-hydrogen) atoms. The first-order valence-corrected chi connectivity index (χ1v) is 9.82. The van der Waals surface area contributed by atoms with Crippen LogP contribution in [0.1, 0.15) is 23.5 Å². The lowest BCUT2D eigenvalue weighted by molar-refractivity contribution is -0.147. The Morgan fingerprint density at radius 3 is 2.07 bits per heavy atom. The summed E-state index contributed by atoms with van der Waals surface area (Å²) in [6.45, 7) is -0.482. The van der Waals surface area contributed by atoms with Gasteiger partial charge in [-0.15, -0.1) is 0 Å². The van der Waals surface area contributed by atoms with Crippen molar-refractivity contribution in [1.82, 2.24) is 0 Å². The highest BCUT2D eigenvalue weighted by Gasteiger charge is 2.20. The minimum absolute atomic E-state index is 0.0284. The van der Waals surface area contributed by atoms with Crippen molar-refractivity contribution in [1.29, 1.82) is 0 Å². The molecule has 0 spiro atoms. The van der Waals surface area contributed by atoms with Crippen molar-refractivity contribution in [3.8, 4) is 0 Å². The van der Waals surface area contributed by atoms with Crippen LogP contribution < -0.4 is 5.32 Å². The number of hydrogen-bond acceptors (Lipinski definition) is 3. The summed E-state index contributed by atoms with van der Waals surface area (Å²) in [5, 5.41) is 2.40. The average Bonchev–Trinajstić information content (AvgIpc) is 2.74. The van der Waals surface area contributed by atoms with Crippen LogP contribution in [0, 0.1) is 5.82 Å². The van der Waals surface area contributed by atoms with Crippen LogP contribution in [-0.2, 0) is 14.3 Å². The summed E-state index contributed by atoms with van der Waals surface area (Å²) < 4.78 is 19.5. The number of benzene rings is 3. The molecular weight excluding hydrogens is 437 g/mol. The first kappa shape index (κ1) is 20.7. The molecule has 0 atom stereocenters. The molecule has 0 aliphatic carbocycles. The highest BCUT2D eigenvalue weighted by molar-refractivity contribution is 9.10. The van der Waals surface area contributed by atoms with Crippen molar-refractivity contribution < 1.29 is 18.7 Å². The summed E-state index contributed by atoms with van der Waals surface area (Å²) in [5.74, 6) is -1.87. The molecule has 3 aromatic carbocycles. The van der Waals surface area contributed by atoms with E-state index in [1.165, 1.54) is 12.1 Å². The maximum absolute atomic E-state index is 13.8. The first-order valence-electron chi connectivity index (χ1n) is 9.03. The largest absolute Gasteiger partial charge is 0.456 e. The summed E-state index contributed by atoms with van der Waals surface area (Å²) in [6.07, 6.45) is 0.0912. The Morgan fingerprint density at radius 1 is 0.931 bits per heavy atom. The Balaban J connectivity index is 1.61. The lowest BCUT2D eigenvalue weighted by atomic mass is 9.89. The topological polar surface area (TPSA) is 55.4 Å². The number of esters is 1. The van der Waals surface area contributed by atoms with Crippen molar-refractivity contribution >= 4 is 33.5 Å². The quantitative estimate of drug-likeness (QED) is 0.492. The van der Waals surface area contributed by atoms with Crippen molar-refractivity contribution in [2.24, 2.45) is 0 Å². The SMILES string of the molecule is O=C(COC(=O)CC(c1ccccc1)c1ccccc1)Nc1ccc(Br)cc1F. The van der Waals surface area contributed by atoms with Gasteiger partial charge in [-0.3, -0.25) is 9.59 Å². The molecule has 3 aromatic rings. The Labute approximate surface area is 176 Å². The van der Waals surface area contributed by atoms with E-state index in [1.807, 2.05) is 60.7 Å². The van der Waals surface area contributed by atoms with Gasteiger partial charge in [0.25, 0.3) is 5.91 Å². The van der Waals surface area contributed by atoms with Gasteiger partial charge in [-0.25, -0.2) is 4.39 Å². The second-order valence-electron chi connectivity index (χ2n) is 6.41. The normalized spacial score (nSPS) is 10.6. The summed E-state index contributed by atoms with van der Waals surface area (Å²) in [7, 11) is 0.